The second-order valence-electron chi connectivity index (χ2n) is 4.68. The molecule has 8 heteroatoms. The van der Waals surface area contributed by atoms with Crippen molar-refractivity contribution in [3.8, 4) is 5.75 Å². The van der Waals surface area contributed by atoms with E-state index in [0.717, 1.165) is 0 Å². The van der Waals surface area contributed by atoms with Crippen molar-refractivity contribution in [2.24, 2.45) is 0 Å². The topological polar surface area (TPSA) is 87.5 Å². The number of thiazole rings is 1. The van der Waals surface area contributed by atoms with Crippen LogP contribution in [0.3, 0.4) is 0 Å². The maximum atomic E-state index is 13.7. The summed E-state index contributed by atoms with van der Waals surface area (Å²) >= 11 is 0.188. The van der Waals surface area contributed by atoms with Crippen LogP contribution in [0.25, 0.3) is 10.3 Å². The molecule has 1 fully saturated rings. The number of aromatic hydroxyl groups is 1. The maximum Gasteiger partial charge on any atom is 0.293 e. The Balaban J connectivity index is 2.18. The van der Waals surface area contributed by atoms with Crippen molar-refractivity contribution < 1.29 is 38.7 Å². The first-order chi connectivity index (χ1) is 21.1. The molecule has 1 aliphatic heterocycles. The molecule has 0 saturated carbocycles. The highest BCUT2D eigenvalue weighted by atomic mass is 32.1. The van der Waals surface area contributed by atoms with E-state index >= 15 is 0 Å². The molecule has 2 aromatic rings. The molecule has 0 aromatic carbocycles. The predicted octanol–water partition coefficient (Wildman–Crippen LogP) is 2.35. The minimum absolute atomic E-state index is 0.171. The Hall–Kier alpha value is -1.93. The number of hydrogen-bond acceptors (Lipinski definition) is 6. The SMILES string of the molecule is [2H]Oc1c(C(=O)N([2H])CCC([2H])([2H])N2C([2H])([2H])C([2H])([2H])C([2H])([2H])C([2H])([2H])C2([2H])[2H])c(=O)n(C([2H])(C([2H])([2H])[2H])C([2H])([2H])[2H])c2sc([2H])nc12. The Morgan fingerprint density at radius 1 is 1.65 bits per heavy atom. The molecule has 0 spiro atoms. The zero-order valence-electron chi connectivity index (χ0n) is 34.8. The summed E-state index contributed by atoms with van der Waals surface area (Å²) in [5, 5.41) is 4.09. The third-order valence-corrected chi connectivity index (χ3v) is 3.85. The second kappa shape index (κ2) is 8.18. The molecule has 142 valence electrons. The molecule has 1 amide bonds. The molecule has 0 aliphatic carbocycles. The lowest BCUT2D eigenvalue weighted by Gasteiger charge is -2.26. The van der Waals surface area contributed by atoms with Gasteiger partial charge in [0.05, 0.1) is 8.23 Å². The predicted molar refractivity (Wildman–Crippen MR) is 103 cm³/mol. The Kier molecular flexibility index (Phi) is 1.74. The van der Waals surface area contributed by atoms with Crippen LogP contribution in [0.15, 0.2) is 10.3 Å². The van der Waals surface area contributed by atoms with Gasteiger partial charge in [0, 0.05) is 37.2 Å². The van der Waals surface area contributed by atoms with Crippen molar-refractivity contribution >= 4 is 27.6 Å². The standard InChI is InChI=1S/C18H26N4O3S/c1-12(2)22-17(25)13(15(23)14-18(22)26-11-20-14)16(24)19-7-6-10-21-8-4-3-5-9-21/h11-12,23H,3-10H2,1-2H3,(H,19,24)/i1D3,2D3,3D2,4D2,5D2,8D2,9D2,10D2,11D,12D/hD2. The van der Waals surface area contributed by atoms with Gasteiger partial charge >= 0.3 is 0 Å². The fourth-order valence-corrected chi connectivity index (χ4v) is 2.75. The highest BCUT2D eigenvalue weighted by Crippen LogP contribution is 2.29. The van der Waals surface area contributed by atoms with Crippen LogP contribution in [0, 0.1) is 0 Å². The summed E-state index contributed by atoms with van der Waals surface area (Å²) in [6.07, 6.45) is -13.0. The highest BCUT2D eigenvalue weighted by Gasteiger charge is 2.24. The van der Waals surface area contributed by atoms with Gasteiger partial charge in [-0.15, -0.1) is 11.3 Å². The number of fused-ring (bicyclic) bond motifs is 1. The largest absolute Gasteiger partial charge is 0.505 e. The normalized spacial score (nSPS) is 39.5. The van der Waals surface area contributed by atoms with Crippen molar-refractivity contribution in [3.05, 3.63) is 21.4 Å². The van der Waals surface area contributed by atoms with Gasteiger partial charge < -0.3 is 15.3 Å². The number of piperidine rings is 1. The average molecular weight is 401 g/mol. The quantitative estimate of drug-likeness (QED) is 0.745. The second-order valence-corrected chi connectivity index (χ2v) is 5.45. The third kappa shape index (κ3) is 3.76. The molecule has 7 nitrogen and oxygen atoms in total. The Labute approximate surface area is 187 Å². The van der Waals surface area contributed by atoms with E-state index in [1.807, 2.05) is 0 Å². The van der Waals surface area contributed by atoms with E-state index in [2.05, 4.69) is 10.1 Å². The molecule has 2 N–H and O–H groups in total. The third-order valence-electron chi connectivity index (χ3n) is 3.10. The van der Waals surface area contributed by atoms with E-state index in [0.29, 0.717) is 0 Å². The molecule has 3 heterocycles. The number of rotatable bonds is 7. The molecule has 1 aliphatic rings. The fraction of sp³-hybridized carbons (Fsp3) is 0.611. The molecule has 0 radical (unpaired) electrons. The van der Waals surface area contributed by atoms with Gasteiger partial charge in [-0.25, -0.2) is 4.98 Å². The van der Waals surface area contributed by atoms with E-state index in [1.54, 1.807) is 0 Å². The van der Waals surface area contributed by atoms with Gasteiger partial charge in [0.15, 0.2) is 7.16 Å². The van der Waals surface area contributed by atoms with E-state index in [9.17, 15) is 9.59 Å². The zero-order chi connectivity index (χ0) is 37.8. The Morgan fingerprint density at radius 3 is 3.19 bits per heavy atom. The summed E-state index contributed by atoms with van der Waals surface area (Å²) in [5.41, 5.74) is -4.89. The van der Waals surface area contributed by atoms with E-state index < -0.39 is 115 Å². The van der Waals surface area contributed by atoms with Crippen LogP contribution in [0.4, 0.5) is 0 Å². The van der Waals surface area contributed by atoms with Gasteiger partial charge in [0.1, 0.15) is 15.9 Å². The van der Waals surface area contributed by atoms with Gasteiger partial charge in [-0.05, 0) is 52.4 Å². The van der Waals surface area contributed by atoms with Gasteiger partial charge in [-0.1, -0.05) is 6.37 Å². The monoisotopic (exact) mass is 400 g/mol. The van der Waals surface area contributed by atoms with Crippen molar-refractivity contribution in [2.45, 2.75) is 45.3 Å². The molecule has 0 atom stereocenters. The van der Waals surface area contributed by atoms with Gasteiger partial charge in [0.2, 0.25) is 0 Å². The number of nitrogens with zero attached hydrogens (tertiary/aromatic N) is 3. The number of nitrogens with one attached hydrogen (secondary N) is 1. The minimum Gasteiger partial charge on any atom is -0.505 e. The number of aromatic nitrogens is 2. The first-order valence-corrected chi connectivity index (χ1v) is 7.77. The molecule has 1 saturated heterocycles. The average Bonchev–Trinajstić information content (AvgIpc) is 3.27. The lowest BCUT2D eigenvalue weighted by atomic mass is 10.1. The van der Waals surface area contributed by atoms with Crippen LogP contribution in [-0.2, 0) is 0 Å². The summed E-state index contributed by atoms with van der Waals surface area (Å²) in [4.78, 5) is 29.6. The smallest absolute Gasteiger partial charge is 0.293 e. The first-order valence-electron chi connectivity index (χ1n) is 17.8. The van der Waals surface area contributed by atoms with Crippen molar-refractivity contribution in [2.75, 3.05) is 26.0 Å². The number of amides is 1. The molecule has 0 bridgehead atoms. The number of hydrogen-bond donors (Lipinski definition) is 2. The van der Waals surface area contributed by atoms with Crippen LogP contribution < -0.4 is 10.9 Å². The number of pyridine rings is 1. The summed E-state index contributed by atoms with van der Waals surface area (Å²) in [6, 6.07) is -3.86. The lowest BCUT2D eigenvalue weighted by Crippen LogP contribution is -2.36. The highest BCUT2D eigenvalue weighted by molar-refractivity contribution is 7.16. The number of carbonyl (C=O) groups is 1. The van der Waals surface area contributed by atoms with Crippen LogP contribution in [-0.4, -0.2) is 52.9 Å². The molecular formula is C18H26N4O3S. The van der Waals surface area contributed by atoms with Gasteiger partial charge in [-0.3, -0.25) is 14.2 Å². The number of likely N-dealkylation sites (tertiary alicyclic amines) is 1. The maximum absolute atomic E-state index is 13.7. The molecule has 2 aromatic heterocycles. The summed E-state index contributed by atoms with van der Waals surface area (Å²) in [5.74, 6) is -2.98. The minimum atomic E-state index is -3.92. The van der Waals surface area contributed by atoms with Gasteiger partial charge in [0.25, 0.3) is 12.9 Å². The van der Waals surface area contributed by atoms with Crippen LogP contribution >= 0.6 is 11.3 Å². The Morgan fingerprint density at radius 2 is 2.46 bits per heavy atom. The zero-order valence-corrected chi connectivity index (χ0v) is 13.7. The van der Waals surface area contributed by atoms with Crippen molar-refractivity contribution in [1.82, 2.24) is 19.8 Å². The summed E-state index contributed by atoms with van der Waals surface area (Å²) in [7, 11) is 0. The lowest BCUT2D eigenvalue weighted by molar-refractivity contribution is 0.0946. The first kappa shape index (κ1) is 5.54. The Bertz CT molecular complexity index is 1620. The van der Waals surface area contributed by atoms with Gasteiger partial charge in [-0.2, -0.15) is 0 Å². The van der Waals surface area contributed by atoms with Crippen molar-refractivity contribution in [1.29, 1.82) is 1.43 Å². The van der Waals surface area contributed by atoms with Crippen LogP contribution in [0.5, 0.6) is 5.75 Å². The summed E-state index contributed by atoms with van der Waals surface area (Å²) in [6.45, 7) is -20.3. The number of carbonyl (C=O) groups excluding carboxylic acids is 1. The molecular weight excluding hydrogens is 352 g/mol. The fourth-order valence-electron chi connectivity index (χ4n) is 2.02. The van der Waals surface area contributed by atoms with E-state index in [-0.39, 0.29) is 21.2 Å². The summed E-state index contributed by atoms with van der Waals surface area (Å²) < 4.78 is 175. The molecule has 3 rings (SSSR count). The molecule has 26 heavy (non-hydrogen) atoms. The molecule has 0 unspecified atom stereocenters. The van der Waals surface area contributed by atoms with Crippen molar-refractivity contribution in [3.63, 3.8) is 0 Å². The van der Waals surface area contributed by atoms with Crippen LogP contribution in [0.1, 0.15) is 83.0 Å². The van der Waals surface area contributed by atoms with E-state index in [1.165, 1.54) is 0 Å². The van der Waals surface area contributed by atoms with Crippen LogP contribution in [0.2, 0.25) is 1.41 Å². The van der Waals surface area contributed by atoms with E-state index in [4.69, 9.17) is 30.3 Å².